The van der Waals surface area contributed by atoms with Crippen LogP contribution in [0.4, 0.5) is 0 Å². The average molecular weight is 418 g/mol. The summed E-state index contributed by atoms with van der Waals surface area (Å²) in [6.07, 6.45) is 1.48. The fourth-order valence-electron chi connectivity index (χ4n) is 2.63. The first-order valence-corrected chi connectivity index (χ1v) is 9.69. The minimum Gasteiger partial charge on any atom is -0.486 e. The van der Waals surface area contributed by atoms with Gasteiger partial charge in [0.1, 0.15) is 17.4 Å². The second-order valence-corrected chi connectivity index (χ2v) is 7.58. The third-order valence-electron chi connectivity index (χ3n) is 3.88. The number of aromatic nitrogens is 3. The van der Waals surface area contributed by atoms with E-state index in [0.29, 0.717) is 34.1 Å². The number of hydrogen-bond acceptors (Lipinski definition) is 5. The van der Waals surface area contributed by atoms with Crippen LogP contribution in [-0.2, 0) is 13.2 Å². The van der Waals surface area contributed by atoms with Crippen LogP contribution in [0.3, 0.4) is 0 Å². The molecule has 0 atom stereocenters. The van der Waals surface area contributed by atoms with E-state index in [9.17, 15) is 4.79 Å². The first-order valence-electron chi connectivity index (χ1n) is 8.05. The molecule has 5 nitrogen and oxygen atoms in total. The zero-order chi connectivity index (χ0) is 18.8. The number of thiazole rings is 1. The monoisotopic (exact) mass is 417 g/mol. The van der Waals surface area contributed by atoms with Crippen molar-refractivity contribution in [3.05, 3.63) is 85.3 Å². The number of rotatable bonds is 5. The first-order chi connectivity index (χ1) is 13.1. The summed E-state index contributed by atoms with van der Waals surface area (Å²) in [5, 5.41) is 3.89. The molecule has 0 N–H and O–H groups in total. The van der Waals surface area contributed by atoms with Crippen LogP contribution in [0.5, 0.6) is 5.75 Å². The van der Waals surface area contributed by atoms with Gasteiger partial charge in [-0.2, -0.15) is 0 Å². The smallest absolute Gasteiger partial charge is 0.261 e. The van der Waals surface area contributed by atoms with Crippen molar-refractivity contribution < 1.29 is 4.74 Å². The minimum atomic E-state index is -0.209. The maximum absolute atomic E-state index is 12.7. The van der Waals surface area contributed by atoms with Gasteiger partial charge in [-0.25, -0.2) is 9.97 Å². The van der Waals surface area contributed by atoms with E-state index in [1.165, 1.54) is 22.2 Å². The standard InChI is InChI=1S/C19H13Cl2N3O2S/c20-12-6-15-18(16(21)7-12)22-11-24(19(15)25)8-13-10-27-17(23-13)9-26-14-4-2-1-3-5-14/h1-7,10-11H,8-9H2. The van der Waals surface area contributed by atoms with E-state index in [4.69, 9.17) is 27.9 Å². The number of halogens is 2. The molecule has 0 fully saturated rings. The van der Waals surface area contributed by atoms with E-state index in [2.05, 4.69) is 9.97 Å². The Morgan fingerprint density at radius 3 is 2.78 bits per heavy atom. The zero-order valence-corrected chi connectivity index (χ0v) is 16.3. The second kappa shape index (κ2) is 7.68. The van der Waals surface area contributed by atoms with Crippen molar-refractivity contribution in [2.24, 2.45) is 0 Å². The van der Waals surface area contributed by atoms with E-state index >= 15 is 0 Å². The Labute approximate surface area is 168 Å². The Balaban J connectivity index is 1.54. The first kappa shape index (κ1) is 18.0. The fraction of sp³-hybridized carbons (Fsp3) is 0.105. The number of fused-ring (bicyclic) bond motifs is 1. The molecule has 8 heteroatoms. The summed E-state index contributed by atoms with van der Waals surface area (Å²) in [4.78, 5) is 21.5. The Kier molecular flexibility index (Phi) is 5.11. The van der Waals surface area contributed by atoms with Gasteiger partial charge in [0.05, 0.1) is 34.5 Å². The number of benzene rings is 2. The van der Waals surface area contributed by atoms with Crippen molar-refractivity contribution in [2.45, 2.75) is 13.2 Å². The van der Waals surface area contributed by atoms with Crippen molar-refractivity contribution in [3.8, 4) is 5.75 Å². The highest BCUT2D eigenvalue weighted by molar-refractivity contribution is 7.09. The van der Waals surface area contributed by atoms with Gasteiger partial charge in [0, 0.05) is 10.4 Å². The van der Waals surface area contributed by atoms with Gasteiger partial charge in [0.2, 0.25) is 0 Å². The van der Waals surface area contributed by atoms with Gasteiger partial charge in [-0.1, -0.05) is 41.4 Å². The molecule has 0 saturated carbocycles. The normalized spacial score (nSPS) is 11.0. The molecule has 136 valence electrons. The molecule has 0 aliphatic rings. The predicted molar refractivity (Wildman–Crippen MR) is 108 cm³/mol. The lowest BCUT2D eigenvalue weighted by atomic mass is 10.2. The molecule has 0 spiro atoms. The molecular weight excluding hydrogens is 405 g/mol. The molecule has 27 heavy (non-hydrogen) atoms. The van der Waals surface area contributed by atoms with Gasteiger partial charge in [-0.15, -0.1) is 11.3 Å². The maximum atomic E-state index is 12.7. The molecule has 0 saturated heterocycles. The molecule has 2 aromatic carbocycles. The zero-order valence-electron chi connectivity index (χ0n) is 13.9. The highest BCUT2D eigenvalue weighted by Gasteiger charge is 2.11. The van der Waals surface area contributed by atoms with Crippen molar-refractivity contribution >= 4 is 45.4 Å². The number of para-hydroxylation sites is 1. The van der Waals surface area contributed by atoms with Gasteiger partial charge in [-0.05, 0) is 24.3 Å². The summed E-state index contributed by atoms with van der Waals surface area (Å²) in [5.41, 5.74) is 1.00. The summed E-state index contributed by atoms with van der Waals surface area (Å²) in [6.45, 7) is 0.693. The van der Waals surface area contributed by atoms with E-state index in [-0.39, 0.29) is 5.56 Å². The van der Waals surface area contributed by atoms with E-state index in [1.54, 1.807) is 12.1 Å². The topological polar surface area (TPSA) is 57.0 Å². The summed E-state index contributed by atoms with van der Waals surface area (Å²) < 4.78 is 7.19. The summed E-state index contributed by atoms with van der Waals surface area (Å²) in [5.74, 6) is 0.790. The SMILES string of the molecule is O=c1c2cc(Cl)cc(Cl)c2ncn1Cc1csc(COc2ccccc2)n1. The lowest BCUT2D eigenvalue weighted by Crippen LogP contribution is -2.21. The third kappa shape index (κ3) is 3.98. The van der Waals surface area contributed by atoms with Crippen molar-refractivity contribution in [1.29, 1.82) is 0 Å². The molecule has 0 radical (unpaired) electrons. The number of nitrogens with zero attached hydrogens (tertiary/aromatic N) is 3. The lowest BCUT2D eigenvalue weighted by Gasteiger charge is -2.06. The number of hydrogen-bond donors (Lipinski definition) is 0. The highest BCUT2D eigenvalue weighted by atomic mass is 35.5. The molecule has 4 aromatic rings. The van der Waals surface area contributed by atoms with Crippen molar-refractivity contribution in [1.82, 2.24) is 14.5 Å². The van der Waals surface area contributed by atoms with Crippen LogP contribution in [0.1, 0.15) is 10.7 Å². The third-order valence-corrected chi connectivity index (χ3v) is 5.26. The molecule has 4 rings (SSSR count). The quantitative estimate of drug-likeness (QED) is 0.468. The molecule has 0 unspecified atom stereocenters. The van der Waals surface area contributed by atoms with Crippen LogP contribution in [0.15, 0.2) is 59.0 Å². The van der Waals surface area contributed by atoms with Crippen LogP contribution in [-0.4, -0.2) is 14.5 Å². The number of ether oxygens (including phenoxy) is 1. The highest BCUT2D eigenvalue weighted by Crippen LogP contribution is 2.24. The molecule has 2 aromatic heterocycles. The van der Waals surface area contributed by atoms with Crippen LogP contribution in [0.25, 0.3) is 10.9 Å². The predicted octanol–water partition coefficient (Wildman–Crippen LogP) is 4.79. The molecule has 0 aliphatic carbocycles. The van der Waals surface area contributed by atoms with E-state index in [0.717, 1.165) is 16.5 Å². The molecule has 2 heterocycles. The summed E-state index contributed by atoms with van der Waals surface area (Å²) >= 11 is 13.6. The van der Waals surface area contributed by atoms with Crippen LogP contribution >= 0.6 is 34.5 Å². The lowest BCUT2D eigenvalue weighted by molar-refractivity contribution is 0.305. The fourth-order valence-corrected chi connectivity index (χ4v) is 3.87. The Morgan fingerprint density at radius 2 is 1.96 bits per heavy atom. The largest absolute Gasteiger partial charge is 0.486 e. The van der Waals surface area contributed by atoms with Gasteiger partial charge >= 0.3 is 0 Å². The van der Waals surface area contributed by atoms with Gasteiger partial charge in [0.25, 0.3) is 5.56 Å². The van der Waals surface area contributed by atoms with Gasteiger partial charge in [-0.3, -0.25) is 9.36 Å². The van der Waals surface area contributed by atoms with E-state index < -0.39 is 0 Å². The molecule has 0 aliphatic heterocycles. The van der Waals surface area contributed by atoms with Gasteiger partial charge in [0.15, 0.2) is 0 Å². The summed E-state index contributed by atoms with van der Waals surface area (Å²) in [6, 6.07) is 12.7. The van der Waals surface area contributed by atoms with Crippen LogP contribution < -0.4 is 10.3 Å². The van der Waals surface area contributed by atoms with Gasteiger partial charge < -0.3 is 4.74 Å². The Morgan fingerprint density at radius 1 is 1.15 bits per heavy atom. The van der Waals surface area contributed by atoms with Crippen molar-refractivity contribution in [2.75, 3.05) is 0 Å². The molecular formula is C19H13Cl2N3O2S. The molecule has 0 bridgehead atoms. The Hall–Kier alpha value is -2.41. The van der Waals surface area contributed by atoms with Crippen LogP contribution in [0.2, 0.25) is 10.0 Å². The Bertz CT molecular complexity index is 1160. The van der Waals surface area contributed by atoms with Crippen LogP contribution in [0, 0.1) is 0 Å². The maximum Gasteiger partial charge on any atom is 0.261 e. The minimum absolute atomic E-state index is 0.209. The van der Waals surface area contributed by atoms with E-state index in [1.807, 2.05) is 35.7 Å². The second-order valence-electron chi connectivity index (χ2n) is 5.80. The average Bonchev–Trinajstić information content (AvgIpc) is 3.11. The summed E-state index contributed by atoms with van der Waals surface area (Å²) in [7, 11) is 0. The van der Waals surface area contributed by atoms with Crippen molar-refractivity contribution in [3.63, 3.8) is 0 Å². The molecule has 0 amide bonds.